The zero-order valence-electron chi connectivity index (χ0n) is 10.7. The Labute approximate surface area is 114 Å². The molecular formula is C13H18ClNO2S. The summed E-state index contributed by atoms with van der Waals surface area (Å²) in [5.41, 5.74) is 0.740. The monoisotopic (exact) mass is 287 g/mol. The largest absolute Gasteiger partial charge is 0.243 e. The first-order chi connectivity index (χ1) is 8.43. The van der Waals surface area contributed by atoms with Crippen molar-refractivity contribution in [2.24, 2.45) is 0 Å². The molecule has 3 nitrogen and oxygen atoms in total. The van der Waals surface area contributed by atoms with Crippen molar-refractivity contribution in [3.05, 3.63) is 28.8 Å². The third-order valence-corrected chi connectivity index (χ3v) is 5.93. The van der Waals surface area contributed by atoms with Gasteiger partial charge in [-0.15, -0.1) is 0 Å². The third kappa shape index (κ3) is 2.56. The predicted molar refractivity (Wildman–Crippen MR) is 73.4 cm³/mol. The molecule has 0 aromatic heterocycles. The van der Waals surface area contributed by atoms with E-state index in [1.54, 1.807) is 26.1 Å². The lowest BCUT2D eigenvalue weighted by Crippen LogP contribution is -2.35. The van der Waals surface area contributed by atoms with E-state index >= 15 is 0 Å². The molecule has 1 aliphatic rings. The van der Waals surface area contributed by atoms with Crippen LogP contribution in [0.2, 0.25) is 5.02 Å². The second-order valence-corrected chi connectivity index (χ2v) is 7.27. The minimum Gasteiger partial charge on any atom is -0.207 e. The van der Waals surface area contributed by atoms with Crippen LogP contribution in [-0.4, -0.2) is 25.8 Å². The number of sulfonamides is 1. The van der Waals surface area contributed by atoms with E-state index in [9.17, 15) is 8.42 Å². The van der Waals surface area contributed by atoms with Gasteiger partial charge in [-0.2, -0.15) is 4.31 Å². The summed E-state index contributed by atoms with van der Waals surface area (Å²) in [5, 5.41) is 0.457. The van der Waals surface area contributed by atoms with Crippen LogP contribution in [0.5, 0.6) is 0 Å². The van der Waals surface area contributed by atoms with Crippen molar-refractivity contribution in [1.82, 2.24) is 4.31 Å². The Balaban J connectivity index is 2.37. The van der Waals surface area contributed by atoms with Crippen LogP contribution in [0.4, 0.5) is 0 Å². The molecule has 0 atom stereocenters. The zero-order valence-corrected chi connectivity index (χ0v) is 12.3. The predicted octanol–water partition coefficient (Wildman–Crippen LogP) is 3.21. The summed E-state index contributed by atoms with van der Waals surface area (Å²) < 4.78 is 26.6. The van der Waals surface area contributed by atoms with Crippen LogP contribution < -0.4 is 0 Å². The van der Waals surface area contributed by atoms with E-state index in [0.29, 0.717) is 9.92 Å². The molecule has 0 unspecified atom stereocenters. The van der Waals surface area contributed by atoms with Crippen LogP contribution in [0.25, 0.3) is 0 Å². The number of hydrogen-bond donors (Lipinski definition) is 0. The van der Waals surface area contributed by atoms with E-state index in [0.717, 1.165) is 31.2 Å². The quantitative estimate of drug-likeness (QED) is 0.856. The smallest absolute Gasteiger partial charge is 0.207 e. The summed E-state index contributed by atoms with van der Waals surface area (Å²) in [6.45, 7) is 1.80. The van der Waals surface area contributed by atoms with Gasteiger partial charge < -0.3 is 0 Å². The van der Waals surface area contributed by atoms with Crippen molar-refractivity contribution in [2.45, 2.75) is 43.5 Å². The summed E-state index contributed by atoms with van der Waals surface area (Å²) in [4.78, 5) is 0.324. The van der Waals surface area contributed by atoms with Gasteiger partial charge in [0.15, 0.2) is 0 Å². The van der Waals surface area contributed by atoms with Crippen molar-refractivity contribution in [2.75, 3.05) is 7.05 Å². The molecule has 2 rings (SSSR count). The fourth-order valence-electron chi connectivity index (χ4n) is 2.47. The molecule has 1 saturated carbocycles. The van der Waals surface area contributed by atoms with Gasteiger partial charge in [0, 0.05) is 18.1 Å². The maximum atomic E-state index is 12.6. The lowest BCUT2D eigenvalue weighted by atomic mass is 10.2. The molecule has 0 spiro atoms. The molecule has 100 valence electrons. The van der Waals surface area contributed by atoms with Gasteiger partial charge in [-0.25, -0.2) is 8.42 Å². The van der Waals surface area contributed by atoms with Crippen molar-refractivity contribution >= 4 is 21.6 Å². The Kier molecular flexibility index (Phi) is 3.99. The third-order valence-electron chi connectivity index (χ3n) is 3.65. The van der Waals surface area contributed by atoms with E-state index < -0.39 is 10.0 Å². The lowest BCUT2D eigenvalue weighted by molar-refractivity contribution is 0.373. The van der Waals surface area contributed by atoms with E-state index in [4.69, 9.17) is 11.6 Å². The van der Waals surface area contributed by atoms with Gasteiger partial charge in [-0.3, -0.25) is 0 Å². The summed E-state index contributed by atoms with van der Waals surface area (Å²) in [5.74, 6) is 0. The second-order valence-electron chi connectivity index (χ2n) is 4.87. The minimum absolute atomic E-state index is 0.133. The Morgan fingerprint density at radius 3 is 2.50 bits per heavy atom. The first kappa shape index (κ1) is 13.8. The molecule has 0 N–H and O–H groups in total. The first-order valence-electron chi connectivity index (χ1n) is 6.17. The molecule has 1 fully saturated rings. The lowest BCUT2D eigenvalue weighted by Gasteiger charge is -2.24. The van der Waals surface area contributed by atoms with Crippen molar-refractivity contribution in [3.63, 3.8) is 0 Å². The minimum atomic E-state index is -3.43. The SMILES string of the molecule is Cc1ccc(Cl)cc1S(=O)(=O)N(C)C1CCCC1. The number of benzene rings is 1. The Bertz CT molecular complexity index is 536. The van der Waals surface area contributed by atoms with E-state index in [2.05, 4.69) is 0 Å². The zero-order chi connectivity index (χ0) is 13.3. The van der Waals surface area contributed by atoms with Crippen LogP contribution in [-0.2, 0) is 10.0 Å². The summed E-state index contributed by atoms with van der Waals surface area (Å²) in [6, 6.07) is 5.13. The highest BCUT2D eigenvalue weighted by atomic mass is 35.5. The Morgan fingerprint density at radius 2 is 1.89 bits per heavy atom. The molecule has 0 saturated heterocycles. The number of rotatable bonds is 3. The summed E-state index contributed by atoms with van der Waals surface area (Å²) >= 11 is 5.90. The van der Waals surface area contributed by atoms with Gasteiger partial charge in [0.05, 0.1) is 4.90 Å². The Hall–Kier alpha value is -0.580. The number of hydrogen-bond acceptors (Lipinski definition) is 2. The molecule has 1 aromatic rings. The second kappa shape index (κ2) is 5.19. The number of aryl methyl sites for hydroxylation is 1. The highest BCUT2D eigenvalue weighted by Gasteiger charge is 2.30. The number of nitrogens with zero attached hydrogens (tertiary/aromatic N) is 1. The Morgan fingerprint density at radius 1 is 1.28 bits per heavy atom. The van der Waals surface area contributed by atoms with Crippen LogP contribution in [0.1, 0.15) is 31.2 Å². The molecule has 0 amide bonds. The van der Waals surface area contributed by atoms with Gasteiger partial charge in [0.2, 0.25) is 10.0 Å². The van der Waals surface area contributed by atoms with Gasteiger partial charge >= 0.3 is 0 Å². The van der Waals surface area contributed by atoms with Crippen molar-refractivity contribution in [1.29, 1.82) is 0 Å². The van der Waals surface area contributed by atoms with E-state index in [-0.39, 0.29) is 6.04 Å². The highest BCUT2D eigenvalue weighted by molar-refractivity contribution is 7.89. The van der Waals surface area contributed by atoms with Crippen molar-refractivity contribution in [3.8, 4) is 0 Å². The van der Waals surface area contributed by atoms with Crippen LogP contribution >= 0.6 is 11.6 Å². The molecule has 5 heteroatoms. The van der Waals surface area contributed by atoms with E-state index in [1.165, 1.54) is 10.4 Å². The van der Waals surface area contributed by atoms with Crippen LogP contribution in [0, 0.1) is 6.92 Å². The standard InChI is InChI=1S/C13H18ClNO2S/c1-10-7-8-11(14)9-13(10)18(16,17)15(2)12-5-3-4-6-12/h7-9,12H,3-6H2,1-2H3. The molecule has 0 radical (unpaired) electrons. The maximum absolute atomic E-state index is 12.6. The van der Waals surface area contributed by atoms with Gasteiger partial charge in [-0.05, 0) is 37.5 Å². The van der Waals surface area contributed by atoms with Gasteiger partial charge in [0.1, 0.15) is 0 Å². The normalized spacial score (nSPS) is 17.6. The van der Waals surface area contributed by atoms with Gasteiger partial charge in [-0.1, -0.05) is 30.5 Å². The molecule has 0 bridgehead atoms. The van der Waals surface area contributed by atoms with Crippen molar-refractivity contribution < 1.29 is 8.42 Å². The molecule has 1 aliphatic carbocycles. The average molecular weight is 288 g/mol. The molecule has 1 aromatic carbocycles. The molecule has 0 aliphatic heterocycles. The maximum Gasteiger partial charge on any atom is 0.243 e. The first-order valence-corrected chi connectivity index (χ1v) is 7.99. The number of halogens is 1. The van der Waals surface area contributed by atoms with Crippen LogP contribution in [0.3, 0.4) is 0 Å². The average Bonchev–Trinajstić information content (AvgIpc) is 2.84. The molecule has 18 heavy (non-hydrogen) atoms. The fourth-order valence-corrected chi connectivity index (χ4v) is 4.37. The highest BCUT2D eigenvalue weighted by Crippen LogP contribution is 2.29. The summed E-state index contributed by atoms with van der Waals surface area (Å²) in [6.07, 6.45) is 4.13. The van der Waals surface area contributed by atoms with Crippen LogP contribution in [0.15, 0.2) is 23.1 Å². The van der Waals surface area contributed by atoms with Gasteiger partial charge in [0.25, 0.3) is 0 Å². The molecular weight excluding hydrogens is 270 g/mol. The molecule has 0 heterocycles. The topological polar surface area (TPSA) is 37.4 Å². The van der Waals surface area contributed by atoms with E-state index in [1.807, 2.05) is 0 Å². The summed E-state index contributed by atoms with van der Waals surface area (Å²) in [7, 11) is -1.75. The fraction of sp³-hybridized carbons (Fsp3) is 0.538.